The minimum Gasteiger partial charge on any atom is -0.497 e. The lowest BCUT2D eigenvalue weighted by Gasteiger charge is -2.40. The van der Waals surface area contributed by atoms with Crippen LogP contribution in [0.25, 0.3) is 0 Å². The normalized spacial score (nSPS) is 25.2. The van der Waals surface area contributed by atoms with E-state index in [-0.39, 0.29) is 23.5 Å². The van der Waals surface area contributed by atoms with E-state index in [0.717, 1.165) is 12.8 Å². The number of primary amides is 1. The fraction of sp³-hybridized carbons (Fsp3) is 0.355. The molecule has 1 aliphatic heterocycles. The van der Waals surface area contributed by atoms with Crippen molar-refractivity contribution in [3.05, 3.63) is 83.4 Å². The molecule has 11 heteroatoms. The van der Waals surface area contributed by atoms with Crippen LogP contribution in [0.1, 0.15) is 35.4 Å². The first-order chi connectivity index (χ1) is 20.2. The molecule has 1 fully saturated rings. The van der Waals surface area contributed by atoms with Gasteiger partial charge in [-0.15, -0.1) is 0 Å². The topological polar surface area (TPSA) is 184 Å². The first-order valence-electron chi connectivity index (χ1n) is 13.5. The zero-order valence-electron chi connectivity index (χ0n) is 23.4. The maximum atomic E-state index is 13.0. The summed E-state index contributed by atoms with van der Waals surface area (Å²) >= 11 is 0. The quantitative estimate of drug-likeness (QED) is 0.176. The molecule has 0 saturated heterocycles. The molecule has 7 N–H and O–H groups in total. The number of ether oxygens (including phenoxy) is 4. The number of carbonyl (C=O) groups excluding carboxylic acids is 1. The summed E-state index contributed by atoms with van der Waals surface area (Å²) in [6.07, 6.45) is -0.0296. The van der Waals surface area contributed by atoms with Gasteiger partial charge in [-0.05, 0) is 42.6 Å². The number of aliphatic hydroxyl groups is 2. The van der Waals surface area contributed by atoms with E-state index in [9.17, 15) is 15.0 Å². The Balaban J connectivity index is 0.00000129. The first-order valence-corrected chi connectivity index (χ1v) is 13.5. The summed E-state index contributed by atoms with van der Waals surface area (Å²) in [5.74, 6) is -1.16. The summed E-state index contributed by atoms with van der Waals surface area (Å²) in [5.41, 5.74) is 9.19. The molecule has 1 heterocycles. The molecule has 5 atom stereocenters. The Kier molecular flexibility index (Phi) is 9.25. The molecule has 11 nitrogen and oxygen atoms in total. The highest BCUT2D eigenvalue weighted by molar-refractivity contribution is 5.81. The molecule has 1 saturated carbocycles. The number of carbonyl (C=O) groups is 2. The van der Waals surface area contributed by atoms with Crippen molar-refractivity contribution in [1.29, 1.82) is 0 Å². The lowest BCUT2D eigenvalue weighted by Crippen LogP contribution is -2.52. The van der Waals surface area contributed by atoms with Crippen molar-refractivity contribution < 1.29 is 43.9 Å². The van der Waals surface area contributed by atoms with E-state index in [2.05, 4.69) is 0 Å². The molecule has 0 bridgehead atoms. The number of fused-ring (bicyclic) bond motifs is 3. The molecule has 5 unspecified atom stereocenters. The molecule has 0 spiro atoms. The van der Waals surface area contributed by atoms with Crippen molar-refractivity contribution in [1.82, 2.24) is 0 Å². The Morgan fingerprint density at radius 3 is 2.26 bits per heavy atom. The summed E-state index contributed by atoms with van der Waals surface area (Å²) in [5, 5.41) is 31.5. The maximum absolute atomic E-state index is 13.0. The second kappa shape index (κ2) is 12.7. The number of hydrogen-bond donors (Lipinski definition) is 5. The van der Waals surface area contributed by atoms with Crippen molar-refractivity contribution in [3.63, 3.8) is 0 Å². The Morgan fingerprint density at radius 1 is 1.02 bits per heavy atom. The Bertz CT molecular complexity index is 1390. The van der Waals surface area contributed by atoms with Gasteiger partial charge < -0.3 is 45.7 Å². The number of rotatable bonds is 10. The number of unbranched alkanes of at least 4 members (excludes halogenated alkanes) is 1. The van der Waals surface area contributed by atoms with Gasteiger partial charge in [0.25, 0.3) is 6.47 Å². The average Bonchev–Trinajstić information content (AvgIpc) is 3.38. The third-order valence-corrected chi connectivity index (χ3v) is 7.92. The van der Waals surface area contributed by atoms with Crippen molar-refractivity contribution >= 4 is 12.4 Å². The minimum atomic E-state index is -2.11. The second-order valence-electron chi connectivity index (χ2n) is 10.0. The molecule has 3 aromatic rings. The van der Waals surface area contributed by atoms with E-state index in [0.29, 0.717) is 35.8 Å². The van der Waals surface area contributed by atoms with Gasteiger partial charge in [0.2, 0.25) is 5.91 Å². The zero-order valence-corrected chi connectivity index (χ0v) is 23.4. The summed E-state index contributed by atoms with van der Waals surface area (Å²) in [7, 11) is 3.02. The monoisotopic (exact) mass is 580 g/mol. The standard InChI is InChI=1S/C30H34N2O7.CH2O2/c1-36-20-12-10-19(11-13-20)30-25(18-8-4-3-5-9-18)24(28(32)34)27(33)29(30,35)26-22(37-2)16-21(17-23(26)39-30)38-15-7-6-14-31;2-1-3/h3-5,8-13,16-17,24-25,27,33,35H,6-7,14-15,31H2,1-2H3,(H2,32,34);1H,(H,2,3). The van der Waals surface area contributed by atoms with Crippen LogP contribution in [0.5, 0.6) is 23.0 Å². The molecule has 2 aliphatic rings. The van der Waals surface area contributed by atoms with Gasteiger partial charge in [-0.2, -0.15) is 0 Å². The summed E-state index contributed by atoms with van der Waals surface area (Å²) in [6.45, 7) is 0.753. The van der Waals surface area contributed by atoms with E-state index < -0.39 is 35.0 Å². The van der Waals surface area contributed by atoms with E-state index in [1.807, 2.05) is 30.3 Å². The van der Waals surface area contributed by atoms with Gasteiger partial charge in [0.1, 0.15) is 29.1 Å². The number of aliphatic hydroxyl groups excluding tert-OH is 1. The lowest BCUT2D eigenvalue weighted by atomic mass is 9.70. The fourth-order valence-corrected chi connectivity index (χ4v) is 6.22. The Labute approximate surface area is 243 Å². The number of methoxy groups -OCH3 is 2. The van der Waals surface area contributed by atoms with Gasteiger partial charge >= 0.3 is 0 Å². The van der Waals surface area contributed by atoms with E-state index in [1.54, 1.807) is 43.5 Å². The largest absolute Gasteiger partial charge is 0.497 e. The molecule has 0 aromatic heterocycles. The third-order valence-electron chi connectivity index (χ3n) is 7.92. The van der Waals surface area contributed by atoms with Crippen LogP contribution in [-0.2, 0) is 20.8 Å². The summed E-state index contributed by atoms with van der Waals surface area (Å²) in [6, 6.07) is 19.5. The SMILES string of the molecule is COc1ccc(C23Oc4cc(OCCCCN)cc(OC)c4C2(O)C(O)C(C(N)=O)C3c2ccccc2)cc1.O=CO. The van der Waals surface area contributed by atoms with E-state index >= 15 is 0 Å². The molecule has 0 radical (unpaired) electrons. The first kappa shape index (κ1) is 30.6. The molecular weight excluding hydrogens is 544 g/mol. The molecule has 42 heavy (non-hydrogen) atoms. The average molecular weight is 581 g/mol. The molecule has 224 valence electrons. The number of hydrogen-bond acceptors (Lipinski definition) is 9. The second-order valence-corrected chi connectivity index (χ2v) is 10.0. The van der Waals surface area contributed by atoms with Crippen LogP contribution in [-0.4, -0.2) is 61.2 Å². The van der Waals surface area contributed by atoms with Gasteiger partial charge in [0.05, 0.1) is 32.3 Å². The highest BCUT2D eigenvalue weighted by Crippen LogP contribution is 2.70. The molecule has 3 aromatic carbocycles. The van der Waals surface area contributed by atoms with Crippen LogP contribution >= 0.6 is 0 Å². The zero-order chi connectivity index (χ0) is 30.5. The van der Waals surface area contributed by atoms with Crippen LogP contribution < -0.4 is 30.4 Å². The van der Waals surface area contributed by atoms with Gasteiger partial charge in [0, 0.05) is 18.1 Å². The highest BCUT2D eigenvalue weighted by atomic mass is 16.5. The van der Waals surface area contributed by atoms with E-state index in [4.69, 9.17) is 40.3 Å². The van der Waals surface area contributed by atoms with Crippen LogP contribution in [0.4, 0.5) is 0 Å². The molecule has 1 aliphatic carbocycles. The van der Waals surface area contributed by atoms with Crippen molar-refractivity contribution in [2.45, 2.75) is 36.1 Å². The predicted molar refractivity (Wildman–Crippen MR) is 153 cm³/mol. The maximum Gasteiger partial charge on any atom is 0.290 e. The number of nitrogens with two attached hydrogens (primary N) is 2. The van der Waals surface area contributed by atoms with Crippen molar-refractivity contribution in [3.8, 4) is 23.0 Å². The fourth-order valence-electron chi connectivity index (χ4n) is 6.22. The smallest absolute Gasteiger partial charge is 0.290 e. The van der Waals surface area contributed by atoms with Gasteiger partial charge in [-0.25, -0.2) is 0 Å². The number of carboxylic acid groups (broad SMARTS) is 1. The Morgan fingerprint density at radius 2 is 1.69 bits per heavy atom. The van der Waals surface area contributed by atoms with Crippen molar-refractivity contribution in [2.24, 2.45) is 17.4 Å². The summed E-state index contributed by atoms with van der Waals surface area (Å²) < 4.78 is 23.8. The Hall–Kier alpha value is -4.32. The third kappa shape index (κ3) is 4.89. The minimum absolute atomic E-state index is 0.229. The molecule has 5 rings (SSSR count). The van der Waals surface area contributed by atoms with E-state index in [1.165, 1.54) is 7.11 Å². The van der Waals surface area contributed by atoms with Gasteiger partial charge in [-0.3, -0.25) is 9.59 Å². The van der Waals surface area contributed by atoms with Crippen LogP contribution in [0, 0.1) is 5.92 Å². The van der Waals surface area contributed by atoms with Gasteiger partial charge in [-0.1, -0.05) is 42.5 Å². The predicted octanol–water partition coefficient (Wildman–Crippen LogP) is 2.26. The lowest BCUT2D eigenvalue weighted by molar-refractivity contribution is -0.154. The molecule has 1 amide bonds. The number of benzene rings is 3. The summed E-state index contributed by atoms with van der Waals surface area (Å²) in [4.78, 5) is 21.3. The van der Waals surface area contributed by atoms with Crippen molar-refractivity contribution in [2.75, 3.05) is 27.4 Å². The highest BCUT2D eigenvalue weighted by Gasteiger charge is 2.77. The molecular formula is C31H36N2O9. The number of amides is 1. The van der Waals surface area contributed by atoms with Crippen LogP contribution in [0.3, 0.4) is 0 Å². The van der Waals surface area contributed by atoms with Crippen LogP contribution in [0.2, 0.25) is 0 Å². The van der Waals surface area contributed by atoms with Gasteiger partial charge in [0.15, 0.2) is 11.2 Å². The van der Waals surface area contributed by atoms with Crippen LogP contribution in [0.15, 0.2) is 66.7 Å².